The average Bonchev–Trinajstić information content (AvgIpc) is 3.52. The number of hydrogen-bond acceptors (Lipinski definition) is 9. The number of anilines is 2. The van der Waals surface area contributed by atoms with Gasteiger partial charge in [-0.05, 0) is 36.8 Å². The molecule has 2 aromatic heterocycles. The van der Waals surface area contributed by atoms with Gasteiger partial charge in [-0.15, -0.1) is 0 Å². The molecule has 0 bridgehead atoms. The second-order valence-corrected chi connectivity index (χ2v) is 8.33. The van der Waals surface area contributed by atoms with Crippen LogP contribution in [0.4, 0.5) is 10.8 Å². The highest BCUT2D eigenvalue weighted by atomic mass is 32.1. The first-order valence-corrected chi connectivity index (χ1v) is 11.1. The predicted octanol–water partition coefficient (Wildman–Crippen LogP) is 4.26. The molecule has 2 aromatic carbocycles. The van der Waals surface area contributed by atoms with Gasteiger partial charge in [0.25, 0.3) is 11.8 Å². The van der Waals surface area contributed by atoms with E-state index in [0.717, 1.165) is 15.8 Å². The van der Waals surface area contributed by atoms with E-state index in [1.165, 1.54) is 50.0 Å². The van der Waals surface area contributed by atoms with Crippen molar-refractivity contribution in [2.24, 2.45) is 0 Å². The third-order valence-electron chi connectivity index (χ3n) is 4.86. The number of carbonyl (C=O) groups is 3. The summed E-state index contributed by atoms with van der Waals surface area (Å²) in [5, 5.41) is 5.61. The highest BCUT2D eigenvalue weighted by Crippen LogP contribution is 2.34. The lowest BCUT2D eigenvalue weighted by Gasteiger charge is -2.15. The van der Waals surface area contributed by atoms with Gasteiger partial charge >= 0.3 is 5.97 Å². The Morgan fingerprint density at radius 3 is 2.51 bits per heavy atom. The van der Waals surface area contributed by atoms with Gasteiger partial charge in [-0.3, -0.25) is 14.9 Å². The van der Waals surface area contributed by atoms with Crippen LogP contribution in [-0.4, -0.2) is 43.6 Å². The summed E-state index contributed by atoms with van der Waals surface area (Å²) >= 11 is 1.32. The number of methoxy groups -OCH3 is 2. The summed E-state index contributed by atoms with van der Waals surface area (Å²) in [7, 11) is 2.82. The van der Waals surface area contributed by atoms with E-state index in [2.05, 4.69) is 15.6 Å². The summed E-state index contributed by atoms with van der Waals surface area (Å²) in [6.45, 7) is 1.41. The molecule has 35 heavy (non-hydrogen) atoms. The van der Waals surface area contributed by atoms with Crippen LogP contribution >= 0.6 is 11.3 Å². The monoisotopic (exact) mass is 495 g/mol. The number of nitrogens with zero attached hydrogens (tertiary/aromatic N) is 1. The Labute approximate surface area is 203 Å². The van der Waals surface area contributed by atoms with Crippen molar-refractivity contribution in [2.75, 3.05) is 31.5 Å². The summed E-state index contributed by atoms with van der Waals surface area (Å²) in [6, 6.07) is 11.6. The Bertz CT molecular complexity index is 1400. The fraction of sp³-hybridized carbons (Fsp3) is 0.167. The van der Waals surface area contributed by atoms with E-state index in [1.54, 1.807) is 6.07 Å². The number of ether oxygens (including phenoxy) is 3. The molecule has 0 aliphatic carbocycles. The van der Waals surface area contributed by atoms with Gasteiger partial charge in [-0.1, -0.05) is 17.4 Å². The number of nitrogens with one attached hydrogen (secondary N) is 2. The largest absolute Gasteiger partial charge is 0.493 e. The first-order chi connectivity index (χ1) is 16.9. The minimum absolute atomic E-state index is 0.0363. The summed E-state index contributed by atoms with van der Waals surface area (Å²) in [5.41, 5.74) is 1.90. The number of aryl methyl sites for hydroxylation is 1. The molecule has 11 heteroatoms. The lowest BCUT2D eigenvalue weighted by molar-refractivity contribution is -0.119. The van der Waals surface area contributed by atoms with Crippen LogP contribution in [0.1, 0.15) is 26.5 Å². The molecule has 10 nitrogen and oxygen atoms in total. The smallest absolute Gasteiger partial charge is 0.340 e. The third-order valence-corrected chi connectivity index (χ3v) is 5.80. The van der Waals surface area contributed by atoms with Crippen LogP contribution in [0, 0.1) is 6.92 Å². The maximum atomic E-state index is 12.9. The zero-order chi connectivity index (χ0) is 24.9. The first-order valence-electron chi connectivity index (χ1n) is 10.3. The second kappa shape index (κ2) is 10.3. The third kappa shape index (κ3) is 5.41. The van der Waals surface area contributed by atoms with Gasteiger partial charge in [0.1, 0.15) is 0 Å². The topological polar surface area (TPSA) is 129 Å². The van der Waals surface area contributed by atoms with Crippen molar-refractivity contribution in [2.45, 2.75) is 6.92 Å². The molecular formula is C24H21N3O7S. The van der Waals surface area contributed by atoms with Crippen LogP contribution in [0.25, 0.3) is 10.2 Å². The molecule has 4 rings (SSSR count). The van der Waals surface area contributed by atoms with Crippen molar-refractivity contribution < 1.29 is 33.0 Å². The Morgan fingerprint density at radius 2 is 1.80 bits per heavy atom. The number of amides is 2. The van der Waals surface area contributed by atoms with Crippen molar-refractivity contribution in [1.29, 1.82) is 0 Å². The Hall–Kier alpha value is -4.38. The lowest BCUT2D eigenvalue weighted by atomic mass is 10.1. The van der Waals surface area contributed by atoms with Gasteiger partial charge in [0.15, 0.2) is 29.0 Å². The Balaban J connectivity index is 1.48. The summed E-state index contributed by atoms with van der Waals surface area (Å²) < 4.78 is 21.7. The van der Waals surface area contributed by atoms with E-state index in [1.807, 2.05) is 25.1 Å². The van der Waals surface area contributed by atoms with Gasteiger partial charge in [-0.25, -0.2) is 9.78 Å². The number of thiazole rings is 1. The zero-order valence-electron chi connectivity index (χ0n) is 19.0. The van der Waals surface area contributed by atoms with Crippen molar-refractivity contribution in [1.82, 2.24) is 4.98 Å². The average molecular weight is 496 g/mol. The van der Waals surface area contributed by atoms with E-state index in [-0.39, 0.29) is 28.5 Å². The predicted molar refractivity (Wildman–Crippen MR) is 129 cm³/mol. The van der Waals surface area contributed by atoms with E-state index < -0.39 is 24.4 Å². The van der Waals surface area contributed by atoms with Gasteiger partial charge < -0.3 is 23.9 Å². The van der Waals surface area contributed by atoms with E-state index in [4.69, 9.17) is 18.6 Å². The van der Waals surface area contributed by atoms with E-state index in [0.29, 0.717) is 5.13 Å². The molecule has 0 saturated carbocycles. The van der Waals surface area contributed by atoms with Crippen LogP contribution in [-0.2, 0) is 9.53 Å². The number of esters is 1. The van der Waals surface area contributed by atoms with E-state index in [9.17, 15) is 14.4 Å². The van der Waals surface area contributed by atoms with E-state index >= 15 is 0 Å². The zero-order valence-corrected chi connectivity index (χ0v) is 19.9. The fourth-order valence-electron chi connectivity index (χ4n) is 3.19. The molecule has 0 fully saturated rings. The molecule has 0 aliphatic heterocycles. The minimum Gasteiger partial charge on any atom is -0.493 e. The van der Waals surface area contributed by atoms with Gasteiger partial charge in [-0.2, -0.15) is 0 Å². The van der Waals surface area contributed by atoms with Gasteiger partial charge in [0.2, 0.25) is 0 Å². The normalized spacial score (nSPS) is 10.6. The van der Waals surface area contributed by atoms with Crippen LogP contribution in [0.2, 0.25) is 0 Å². The standard InChI is InChI=1S/C24H21N3O7S/c1-13-6-7-15-20(9-13)35-24(26-15)27-21(28)12-34-23(30)14-10-18(31-2)19(32-3)11-16(14)25-22(29)17-5-4-8-33-17/h4-11H,12H2,1-3H3,(H,25,29)(H,26,27,28). The van der Waals surface area contributed by atoms with Crippen LogP contribution < -0.4 is 20.1 Å². The summed E-state index contributed by atoms with van der Waals surface area (Å²) in [5.74, 6) is -1.43. The molecule has 0 aliphatic rings. The molecule has 0 spiro atoms. The number of fused-ring (bicyclic) bond motifs is 1. The van der Waals surface area contributed by atoms with Crippen molar-refractivity contribution in [3.8, 4) is 11.5 Å². The molecule has 2 N–H and O–H groups in total. The molecule has 2 heterocycles. The number of furan rings is 1. The molecule has 0 unspecified atom stereocenters. The maximum Gasteiger partial charge on any atom is 0.340 e. The number of rotatable bonds is 8. The highest BCUT2D eigenvalue weighted by Gasteiger charge is 2.22. The Kier molecular flexibility index (Phi) is 6.97. The number of aromatic nitrogens is 1. The van der Waals surface area contributed by atoms with Crippen molar-refractivity contribution in [3.05, 3.63) is 65.6 Å². The van der Waals surface area contributed by atoms with Crippen LogP contribution in [0.15, 0.2) is 53.1 Å². The SMILES string of the molecule is COc1cc(NC(=O)c2ccco2)c(C(=O)OCC(=O)Nc2nc3ccc(C)cc3s2)cc1OC. The minimum atomic E-state index is -0.851. The summed E-state index contributed by atoms with van der Waals surface area (Å²) in [6.07, 6.45) is 1.35. The molecule has 2 amide bonds. The molecule has 4 aromatic rings. The molecular weight excluding hydrogens is 474 g/mol. The van der Waals surface area contributed by atoms with Crippen LogP contribution in [0.5, 0.6) is 11.5 Å². The molecule has 0 saturated heterocycles. The lowest BCUT2D eigenvalue weighted by Crippen LogP contribution is -2.22. The number of benzene rings is 2. The van der Waals surface area contributed by atoms with Crippen molar-refractivity contribution in [3.63, 3.8) is 0 Å². The molecule has 0 radical (unpaired) electrons. The maximum absolute atomic E-state index is 12.9. The van der Waals surface area contributed by atoms with Crippen LogP contribution in [0.3, 0.4) is 0 Å². The van der Waals surface area contributed by atoms with Gasteiger partial charge in [0.05, 0.1) is 42.0 Å². The number of carbonyl (C=O) groups excluding carboxylic acids is 3. The molecule has 180 valence electrons. The number of hydrogen-bond donors (Lipinski definition) is 2. The quantitative estimate of drug-likeness (QED) is 0.347. The second-order valence-electron chi connectivity index (χ2n) is 7.30. The molecule has 0 atom stereocenters. The fourth-order valence-corrected chi connectivity index (χ4v) is 4.17. The first kappa shape index (κ1) is 23.8. The Morgan fingerprint density at radius 1 is 1.03 bits per heavy atom. The van der Waals surface area contributed by atoms with Gasteiger partial charge in [0, 0.05) is 12.1 Å². The van der Waals surface area contributed by atoms with Crippen molar-refractivity contribution >= 4 is 50.2 Å². The highest BCUT2D eigenvalue weighted by molar-refractivity contribution is 7.22. The summed E-state index contributed by atoms with van der Waals surface area (Å²) in [4.78, 5) is 42.1.